The fraction of sp³-hybridized carbons (Fsp3) is 0.222. The lowest BCUT2D eigenvalue weighted by atomic mass is 10.1. The van der Waals surface area contributed by atoms with Crippen LogP contribution in [-0.4, -0.2) is 34.4 Å². The molecular formula is C18H14N4O4. The van der Waals surface area contributed by atoms with Gasteiger partial charge >= 0.3 is 0 Å². The number of fused-ring (bicyclic) bond motifs is 1. The Labute approximate surface area is 148 Å². The number of hydrogen-bond donors (Lipinski definition) is 0. The van der Waals surface area contributed by atoms with Crippen LogP contribution in [0.1, 0.15) is 18.2 Å². The van der Waals surface area contributed by atoms with Crippen LogP contribution in [0.25, 0.3) is 11.5 Å². The molecule has 0 unspecified atom stereocenters. The SMILES string of the molecule is O=C1C[C@@H](c2nc(-c3ccccn3)no2)CN1c1ccc2c(c1)OCO2. The van der Waals surface area contributed by atoms with Crippen molar-refractivity contribution in [1.29, 1.82) is 0 Å². The van der Waals surface area contributed by atoms with E-state index in [-0.39, 0.29) is 18.6 Å². The van der Waals surface area contributed by atoms with Gasteiger partial charge in [-0.1, -0.05) is 11.2 Å². The minimum absolute atomic E-state index is 0.00597. The Hall–Kier alpha value is -3.42. The summed E-state index contributed by atoms with van der Waals surface area (Å²) in [5, 5.41) is 3.99. The number of pyridine rings is 1. The number of amides is 1. The molecule has 130 valence electrons. The van der Waals surface area contributed by atoms with Crippen LogP contribution in [0.4, 0.5) is 5.69 Å². The van der Waals surface area contributed by atoms with E-state index in [4.69, 9.17) is 14.0 Å². The van der Waals surface area contributed by atoms with Gasteiger partial charge in [0.1, 0.15) is 5.69 Å². The highest BCUT2D eigenvalue weighted by Gasteiger charge is 2.35. The summed E-state index contributed by atoms with van der Waals surface area (Å²) in [4.78, 5) is 22.8. The van der Waals surface area contributed by atoms with Gasteiger partial charge in [-0.15, -0.1) is 0 Å². The summed E-state index contributed by atoms with van der Waals surface area (Å²) in [5.74, 6) is 2.06. The first-order chi connectivity index (χ1) is 12.8. The van der Waals surface area contributed by atoms with E-state index in [2.05, 4.69) is 15.1 Å². The van der Waals surface area contributed by atoms with Crippen LogP contribution < -0.4 is 14.4 Å². The van der Waals surface area contributed by atoms with E-state index in [1.807, 2.05) is 36.4 Å². The average Bonchev–Trinajstić information content (AvgIpc) is 3.41. The van der Waals surface area contributed by atoms with Gasteiger partial charge in [-0.25, -0.2) is 0 Å². The van der Waals surface area contributed by atoms with Crippen molar-refractivity contribution in [3.05, 3.63) is 48.5 Å². The predicted molar refractivity (Wildman–Crippen MR) is 89.8 cm³/mol. The number of hydrogen-bond acceptors (Lipinski definition) is 7. The Bertz CT molecular complexity index is 972. The Morgan fingerprint density at radius 1 is 1.12 bits per heavy atom. The van der Waals surface area contributed by atoms with Crippen molar-refractivity contribution in [2.75, 3.05) is 18.2 Å². The molecule has 1 aromatic carbocycles. The second kappa shape index (κ2) is 5.83. The van der Waals surface area contributed by atoms with Gasteiger partial charge in [0, 0.05) is 30.9 Å². The first-order valence-corrected chi connectivity index (χ1v) is 8.23. The number of carbonyl (C=O) groups is 1. The molecule has 26 heavy (non-hydrogen) atoms. The number of aromatic nitrogens is 3. The zero-order valence-corrected chi connectivity index (χ0v) is 13.7. The minimum Gasteiger partial charge on any atom is -0.454 e. The molecular weight excluding hydrogens is 336 g/mol. The van der Waals surface area contributed by atoms with Gasteiger partial charge in [0.2, 0.25) is 24.4 Å². The van der Waals surface area contributed by atoms with E-state index in [1.165, 1.54) is 0 Å². The summed E-state index contributed by atoms with van der Waals surface area (Å²) in [6, 6.07) is 11.0. The first kappa shape index (κ1) is 14.9. The van der Waals surface area contributed by atoms with E-state index < -0.39 is 0 Å². The number of anilines is 1. The topological polar surface area (TPSA) is 90.6 Å². The largest absolute Gasteiger partial charge is 0.454 e. The molecule has 1 saturated heterocycles. The number of ether oxygens (including phenoxy) is 2. The molecule has 4 heterocycles. The maximum atomic E-state index is 12.5. The van der Waals surface area contributed by atoms with Crippen molar-refractivity contribution in [1.82, 2.24) is 15.1 Å². The molecule has 1 amide bonds. The maximum Gasteiger partial charge on any atom is 0.232 e. The van der Waals surface area contributed by atoms with Crippen molar-refractivity contribution < 1.29 is 18.8 Å². The third-order valence-electron chi connectivity index (χ3n) is 4.48. The lowest BCUT2D eigenvalue weighted by Gasteiger charge is -2.16. The maximum absolute atomic E-state index is 12.5. The van der Waals surface area contributed by atoms with Gasteiger partial charge < -0.3 is 18.9 Å². The van der Waals surface area contributed by atoms with Gasteiger partial charge in [-0.2, -0.15) is 4.98 Å². The fourth-order valence-electron chi connectivity index (χ4n) is 3.18. The van der Waals surface area contributed by atoms with Crippen molar-refractivity contribution in [2.24, 2.45) is 0 Å². The lowest BCUT2D eigenvalue weighted by Crippen LogP contribution is -2.24. The summed E-state index contributed by atoms with van der Waals surface area (Å²) in [5.41, 5.74) is 1.41. The zero-order valence-electron chi connectivity index (χ0n) is 13.7. The van der Waals surface area contributed by atoms with Crippen LogP contribution in [0, 0.1) is 0 Å². The minimum atomic E-state index is -0.155. The van der Waals surface area contributed by atoms with Gasteiger partial charge in [-0.3, -0.25) is 9.78 Å². The highest BCUT2D eigenvalue weighted by molar-refractivity contribution is 5.96. The van der Waals surface area contributed by atoms with Crippen molar-refractivity contribution in [2.45, 2.75) is 12.3 Å². The number of carbonyl (C=O) groups excluding carboxylic acids is 1. The molecule has 0 saturated carbocycles. The van der Waals surface area contributed by atoms with Gasteiger partial charge in [0.15, 0.2) is 11.5 Å². The highest BCUT2D eigenvalue weighted by atomic mass is 16.7. The Balaban J connectivity index is 1.38. The summed E-state index contributed by atoms with van der Waals surface area (Å²) >= 11 is 0. The van der Waals surface area contributed by atoms with Crippen LogP contribution in [0.5, 0.6) is 11.5 Å². The molecule has 8 nitrogen and oxygen atoms in total. The molecule has 1 atom stereocenters. The van der Waals surface area contributed by atoms with Crippen LogP contribution in [0.3, 0.4) is 0 Å². The molecule has 2 aliphatic rings. The molecule has 1 fully saturated rings. The average molecular weight is 350 g/mol. The van der Waals surface area contributed by atoms with Crippen LogP contribution >= 0.6 is 0 Å². The van der Waals surface area contributed by atoms with Crippen LogP contribution in [-0.2, 0) is 4.79 Å². The second-order valence-corrected chi connectivity index (χ2v) is 6.11. The third-order valence-corrected chi connectivity index (χ3v) is 4.48. The fourth-order valence-corrected chi connectivity index (χ4v) is 3.18. The van der Waals surface area contributed by atoms with E-state index in [0.717, 1.165) is 5.69 Å². The summed E-state index contributed by atoms with van der Waals surface area (Å²) < 4.78 is 16.1. The molecule has 0 bridgehead atoms. The number of rotatable bonds is 3. The summed E-state index contributed by atoms with van der Waals surface area (Å²) in [6.07, 6.45) is 1.99. The van der Waals surface area contributed by atoms with Gasteiger partial charge in [0.25, 0.3) is 0 Å². The quantitative estimate of drug-likeness (QED) is 0.716. The van der Waals surface area contributed by atoms with Gasteiger partial charge in [0.05, 0.1) is 5.92 Å². The number of benzene rings is 1. The molecule has 0 spiro atoms. The van der Waals surface area contributed by atoms with Crippen LogP contribution in [0.15, 0.2) is 47.1 Å². The Morgan fingerprint density at radius 3 is 2.92 bits per heavy atom. The van der Waals surface area contributed by atoms with E-state index in [1.54, 1.807) is 11.1 Å². The molecule has 8 heteroatoms. The van der Waals surface area contributed by atoms with E-state index in [0.29, 0.717) is 41.9 Å². The zero-order chi connectivity index (χ0) is 17.5. The molecule has 3 aromatic rings. The highest BCUT2D eigenvalue weighted by Crippen LogP contribution is 2.38. The molecule has 2 aliphatic heterocycles. The molecule has 0 aliphatic carbocycles. The first-order valence-electron chi connectivity index (χ1n) is 8.23. The van der Waals surface area contributed by atoms with E-state index >= 15 is 0 Å². The second-order valence-electron chi connectivity index (χ2n) is 6.11. The summed E-state index contributed by atoms with van der Waals surface area (Å²) in [6.45, 7) is 0.677. The summed E-state index contributed by atoms with van der Waals surface area (Å²) in [7, 11) is 0. The third kappa shape index (κ3) is 2.46. The Kier molecular flexibility index (Phi) is 3.34. The standard InChI is InChI=1S/C18H14N4O4/c23-16-7-11(18-20-17(21-26-18)13-3-1-2-6-19-13)9-22(16)12-4-5-14-15(8-12)25-10-24-14/h1-6,8,11H,7,9-10H2/t11-/m1/s1. The molecule has 2 aromatic heterocycles. The smallest absolute Gasteiger partial charge is 0.232 e. The van der Waals surface area contributed by atoms with Crippen LogP contribution in [0.2, 0.25) is 0 Å². The van der Waals surface area contributed by atoms with Gasteiger partial charge in [-0.05, 0) is 24.3 Å². The van der Waals surface area contributed by atoms with Crippen molar-refractivity contribution in [3.63, 3.8) is 0 Å². The Morgan fingerprint density at radius 2 is 2.04 bits per heavy atom. The predicted octanol–water partition coefficient (Wildman–Crippen LogP) is 2.38. The molecule has 0 radical (unpaired) electrons. The normalized spacial score (nSPS) is 18.5. The number of nitrogens with zero attached hydrogens (tertiary/aromatic N) is 4. The molecule has 0 N–H and O–H groups in total. The molecule has 5 rings (SSSR count). The van der Waals surface area contributed by atoms with Crippen molar-refractivity contribution >= 4 is 11.6 Å². The lowest BCUT2D eigenvalue weighted by molar-refractivity contribution is -0.117. The van der Waals surface area contributed by atoms with Crippen molar-refractivity contribution in [3.8, 4) is 23.0 Å². The monoisotopic (exact) mass is 350 g/mol. The van der Waals surface area contributed by atoms with E-state index in [9.17, 15) is 4.79 Å².